The number of aromatic nitrogens is 1. The summed E-state index contributed by atoms with van der Waals surface area (Å²) in [7, 11) is -2.55. The molecule has 1 aliphatic heterocycles. The van der Waals surface area contributed by atoms with Crippen molar-refractivity contribution in [3.63, 3.8) is 0 Å². The Kier molecular flexibility index (Phi) is 7.16. The third-order valence-electron chi connectivity index (χ3n) is 8.57. The van der Waals surface area contributed by atoms with Crippen LogP contribution in [0, 0.1) is 33.7 Å². The molecule has 2 aromatic carbocycles. The van der Waals surface area contributed by atoms with Crippen molar-refractivity contribution in [1.29, 1.82) is 10.0 Å². The fourth-order valence-electron chi connectivity index (χ4n) is 5.93. The summed E-state index contributed by atoms with van der Waals surface area (Å²) in [4.78, 5) is 20.3. The number of halogens is 2. The molecule has 3 aliphatic rings. The fraction of sp³-hybridized carbons (Fsp3) is 0.433. The van der Waals surface area contributed by atoms with Crippen molar-refractivity contribution in [2.24, 2.45) is 5.92 Å². The third kappa shape index (κ3) is 5.63. The second kappa shape index (κ2) is 10.7. The summed E-state index contributed by atoms with van der Waals surface area (Å²) in [6.07, 6.45) is 4.35. The Morgan fingerprint density at radius 2 is 1.85 bits per heavy atom. The number of rotatable bonds is 6. The molecule has 3 fully saturated rings. The second-order valence-corrected chi connectivity index (χ2v) is 14.2. The lowest BCUT2D eigenvalue weighted by atomic mass is 9.76. The van der Waals surface area contributed by atoms with Crippen LogP contribution in [0.1, 0.15) is 50.2 Å². The van der Waals surface area contributed by atoms with Crippen molar-refractivity contribution >= 4 is 21.7 Å². The number of carbonyl (C=O) groups is 1. The van der Waals surface area contributed by atoms with Gasteiger partial charge in [-0.05, 0) is 49.9 Å². The minimum Gasteiger partial charge on any atom is -0.440 e. The molecule has 1 aromatic heterocycles. The topological polar surface area (TPSA) is 126 Å². The Labute approximate surface area is 238 Å². The summed E-state index contributed by atoms with van der Waals surface area (Å²) in [5, 5.41) is 12.5. The number of hydrogen-bond acceptors (Lipinski definition) is 6. The van der Waals surface area contributed by atoms with E-state index in [1.54, 1.807) is 0 Å². The van der Waals surface area contributed by atoms with Crippen molar-refractivity contribution in [2.75, 3.05) is 29.5 Å². The predicted molar refractivity (Wildman–Crippen MR) is 154 cm³/mol. The summed E-state index contributed by atoms with van der Waals surface area (Å²) >= 11 is 0. The van der Waals surface area contributed by atoms with Crippen LogP contribution in [0.2, 0.25) is 0 Å². The van der Waals surface area contributed by atoms with Crippen molar-refractivity contribution in [1.82, 2.24) is 10.3 Å². The molecule has 216 valence electrons. The zero-order chi connectivity index (χ0) is 28.8. The summed E-state index contributed by atoms with van der Waals surface area (Å²) in [5.74, 6) is -0.974. The Morgan fingerprint density at radius 1 is 1.15 bits per heavy atom. The van der Waals surface area contributed by atoms with Crippen LogP contribution in [0.4, 0.5) is 14.5 Å². The molecule has 2 unspecified atom stereocenters. The molecule has 11 heteroatoms. The lowest BCUT2D eigenvalue weighted by Gasteiger charge is -2.36. The molecule has 0 radical (unpaired) electrons. The summed E-state index contributed by atoms with van der Waals surface area (Å²) in [6, 6.07) is 13.2. The van der Waals surface area contributed by atoms with Crippen molar-refractivity contribution in [3.05, 3.63) is 59.9 Å². The van der Waals surface area contributed by atoms with E-state index in [4.69, 9.17) is 14.2 Å². The minimum absolute atomic E-state index is 0.0201. The van der Waals surface area contributed by atoms with Gasteiger partial charge < -0.3 is 19.2 Å². The van der Waals surface area contributed by atoms with Crippen LogP contribution in [-0.4, -0.2) is 45.6 Å². The molecule has 2 saturated carbocycles. The standard InChI is InChI=1S/C30H33F2N5O3S/c31-20-7-10-24(25(32)17-20)29-35-26(19-5-8-21(9-6-19)37-13-15-41(34,39)16-14-37)27(40-29)22-3-1-2-4-23(22)28(38)36-30(18-33)11-12-30/h5-10,17,22-23,41H,1-4,11-16H2,(H2,34,39)(H,36,38). The molecular formula is C30H33F2N5O3S. The average Bonchev–Trinajstić information content (AvgIpc) is 3.60. The van der Waals surface area contributed by atoms with Gasteiger partial charge in [-0.25, -0.2) is 13.8 Å². The van der Waals surface area contributed by atoms with E-state index < -0.39 is 33.2 Å². The van der Waals surface area contributed by atoms with E-state index in [-0.39, 0.29) is 23.3 Å². The number of nitrogens with zero attached hydrogens (tertiary/aromatic N) is 3. The Hall–Kier alpha value is -3.62. The van der Waals surface area contributed by atoms with E-state index in [0.29, 0.717) is 61.7 Å². The SMILES string of the molecule is N#CC1(NC(=O)C2CCCCC2c2oc(-c3ccc(F)cc3F)nc2-c2ccc(N3CC[SH](=N)(O)CC3)cc2)CC1. The second-order valence-electron chi connectivity index (χ2n) is 11.4. The van der Waals surface area contributed by atoms with E-state index in [9.17, 15) is 23.4 Å². The van der Waals surface area contributed by atoms with Crippen molar-refractivity contribution in [2.45, 2.75) is 50.0 Å². The molecule has 1 amide bonds. The van der Waals surface area contributed by atoms with Crippen LogP contribution in [0.15, 0.2) is 46.9 Å². The van der Waals surface area contributed by atoms with Gasteiger partial charge in [0, 0.05) is 53.7 Å². The van der Waals surface area contributed by atoms with Gasteiger partial charge in [0.25, 0.3) is 0 Å². The van der Waals surface area contributed by atoms with Crippen LogP contribution >= 0.6 is 0 Å². The number of amides is 1. The number of benzene rings is 2. The van der Waals surface area contributed by atoms with Gasteiger partial charge in [0.05, 0.1) is 11.6 Å². The molecule has 3 aromatic rings. The largest absolute Gasteiger partial charge is 0.440 e. The molecule has 2 aliphatic carbocycles. The van der Waals surface area contributed by atoms with Gasteiger partial charge >= 0.3 is 0 Å². The lowest BCUT2D eigenvalue weighted by molar-refractivity contribution is -0.127. The van der Waals surface area contributed by atoms with Gasteiger partial charge in [0.15, 0.2) is 0 Å². The normalized spacial score (nSPS) is 23.8. The van der Waals surface area contributed by atoms with Crippen LogP contribution in [0.25, 0.3) is 22.7 Å². The van der Waals surface area contributed by atoms with Crippen LogP contribution in [0.3, 0.4) is 0 Å². The molecule has 41 heavy (non-hydrogen) atoms. The quantitative estimate of drug-likeness (QED) is 0.278. The molecule has 6 rings (SSSR count). The maximum absolute atomic E-state index is 14.8. The first kappa shape index (κ1) is 27.5. The predicted octanol–water partition coefficient (Wildman–Crippen LogP) is 5.67. The monoisotopic (exact) mass is 581 g/mol. The van der Waals surface area contributed by atoms with E-state index in [1.165, 1.54) is 6.07 Å². The van der Waals surface area contributed by atoms with Gasteiger partial charge in [-0.1, -0.05) is 25.0 Å². The Morgan fingerprint density at radius 3 is 2.51 bits per heavy atom. The first-order chi connectivity index (χ1) is 19.7. The molecule has 2 heterocycles. The molecular weight excluding hydrogens is 548 g/mol. The molecule has 3 N–H and O–H groups in total. The van der Waals surface area contributed by atoms with Gasteiger partial charge in [0.1, 0.15) is 28.6 Å². The van der Waals surface area contributed by atoms with Crippen molar-refractivity contribution < 1.29 is 22.5 Å². The van der Waals surface area contributed by atoms with Gasteiger partial charge in [-0.2, -0.15) is 5.26 Å². The van der Waals surface area contributed by atoms with Gasteiger partial charge in [0.2, 0.25) is 11.8 Å². The lowest BCUT2D eigenvalue weighted by Crippen LogP contribution is -2.42. The smallest absolute Gasteiger partial charge is 0.229 e. The molecule has 2 atom stereocenters. The number of anilines is 1. The van der Waals surface area contributed by atoms with E-state index >= 15 is 0 Å². The zero-order valence-electron chi connectivity index (χ0n) is 22.6. The van der Waals surface area contributed by atoms with Crippen molar-refractivity contribution in [3.8, 4) is 28.8 Å². The first-order valence-corrected chi connectivity index (χ1v) is 16.2. The summed E-state index contributed by atoms with van der Waals surface area (Å²) in [6.45, 7) is 1.22. The Bertz CT molecular complexity index is 1550. The first-order valence-electron chi connectivity index (χ1n) is 14.1. The van der Waals surface area contributed by atoms with Gasteiger partial charge in [-0.3, -0.25) is 9.57 Å². The average molecular weight is 582 g/mol. The fourth-order valence-corrected chi connectivity index (χ4v) is 7.30. The number of nitrogens with one attached hydrogen (secondary N) is 2. The molecule has 0 spiro atoms. The number of carbonyl (C=O) groups excluding carboxylic acids is 1. The summed E-state index contributed by atoms with van der Waals surface area (Å²) in [5.41, 5.74) is 1.46. The maximum atomic E-state index is 14.8. The molecule has 0 bridgehead atoms. The highest BCUT2D eigenvalue weighted by Gasteiger charge is 2.47. The van der Waals surface area contributed by atoms with Gasteiger partial charge in [-0.15, -0.1) is 10.1 Å². The highest BCUT2D eigenvalue weighted by atomic mass is 32.3. The van der Waals surface area contributed by atoms with E-state index in [0.717, 1.165) is 36.2 Å². The highest BCUT2D eigenvalue weighted by Crippen LogP contribution is 2.45. The number of oxazole rings is 1. The zero-order valence-corrected chi connectivity index (χ0v) is 23.5. The molecule has 8 nitrogen and oxygen atoms in total. The minimum atomic E-state index is -2.55. The van der Waals surface area contributed by atoms with Crippen LogP contribution in [-0.2, 0) is 14.9 Å². The van der Waals surface area contributed by atoms with E-state index in [2.05, 4.69) is 16.3 Å². The van der Waals surface area contributed by atoms with E-state index in [1.807, 2.05) is 24.3 Å². The van der Waals surface area contributed by atoms with Crippen LogP contribution < -0.4 is 10.2 Å². The maximum Gasteiger partial charge on any atom is 0.229 e. The third-order valence-corrected chi connectivity index (χ3v) is 10.4. The number of hydrogen-bond donors (Lipinski definition) is 4. The number of thiol groups is 1. The molecule has 1 saturated heterocycles. The van der Waals surface area contributed by atoms with Crippen LogP contribution in [0.5, 0.6) is 0 Å². The highest BCUT2D eigenvalue weighted by molar-refractivity contribution is 7.98. The summed E-state index contributed by atoms with van der Waals surface area (Å²) < 4.78 is 52.8. The number of nitriles is 1. The Balaban J connectivity index is 1.36.